The molecule has 1 saturated heterocycles. The summed E-state index contributed by atoms with van der Waals surface area (Å²) in [6.45, 7) is 2.65. The van der Waals surface area contributed by atoms with Gasteiger partial charge in [0.25, 0.3) is 0 Å². The summed E-state index contributed by atoms with van der Waals surface area (Å²) in [6, 6.07) is 7.82. The number of primary amides is 1. The van der Waals surface area contributed by atoms with E-state index in [1.807, 2.05) is 6.07 Å². The van der Waals surface area contributed by atoms with E-state index in [1.54, 1.807) is 19.2 Å². The third-order valence-corrected chi connectivity index (χ3v) is 3.92. The summed E-state index contributed by atoms with van der Waals surface area (Å²) in [5.74, 6) is 0.264. The van der Waals surface area contributed by atoms with Crippen LogP contribution in [-0.2, 0) is 4.79 Å². The molecule has 1 aliphatic heterocycles. The van der Waals surface area contributed by atoms with Crippen LogP contribution in [0.5, 0.6) is 5.75 Å². The van der Waals surface area contributed by atoms with E-state index in [0.717, 1.165) is 18.5 Å². The topological polar surface area (TPSA) is 79.3 Å². The van der Waals surface area contributed by atoms with Crippen LogP contribution < -0.4 is 15.4 Å². The van der Waals surface area contributed by atoms with Crippen molar-refractivity contribution >= 4 is 11.6 Å². The molecule has 1 fully saturated rings. The lowest BCUT2D eigenvalue weighted by molar-refractivity contribution is -0.122. The Morgan fingerprint density at radius 1 is 1.50 bits per heavy atom. The average Bonchev–Trinajstić information content (AvgIpc) is 2.46. The van der Waals surface area contributed by atoms with E-state index in [4.69, 9.17) is 10.5 Å². The number of nitrogens with two attached hydrogens (primary N) is 1. The van der Waals surface area contributed by atoms with Gasteiger partial charge in [0.1, 0.15) is 11.8 Å². The second-order valence-corrected chi connectivity index (χ2v) is 5.17. The molecule has 2 atom stereocenters. The number of nitriles is 1. The maximum atomic E-state index is 11.4. The zero-order valence-electron chi connectivity index (χ0n) is 11.8. The van der Waals surface area contributed by atoms with E-state index >= 15 is 0 Å². The monoisotopic (exact) mass is 273 g/mol. The molecule has 0 aliphatic carbocycles. The van der Waals surface area contributed by atoms with Crippen LogP contribution in [0.3, 0.4) is 0 Å². The molecule has 2 N–H and O–H groups in total. The Hall–Kier alpha value is -2.22. The summed E-state index contributed by atoms with van der Waals surface area (Å²) in [5, 5.41) is 9.26. The summed E-state index contributed by atoms with van der Waals surface area (Å²) in [6.07, 6.45) is 1.69. The number of piperidine rings is 1. The number of carbonyl (C=O) groups excluding carboxylic acids is 1. The predicted molar refractivity (Wildman–Crippen MR) is 76.4 cm³/mol. The molecule has 2 unspecified atom stereocenters. The van der Waals surface area contributed by atoms with Crippen LogP contribution in [0, 0.1) is 17.2 Å². The minimum absolute atomic E-state index is 0.163. The van der Waals surface area contributed by atoms with Crippen LogP contribution in [-0.4, -0.2) is 25.6 Å². The number of anilines is 1. The highest BCUT2D eigenvalue weighted by molar-refractivity contribution is 5.78. The Balaban J connectivity index is 2.37. The number of methoxy groups -OCH3 is 1. The summed E-state index contributed by atoms with van der Waals surface area (Å²) in [4.78, 5) is 13.5. The summed E-state index contributed by atoms with van der Waals surface area (Å²) >= 11 is 0. The van der Waals surface area contributed by atoms with Crippen molar-refractivity contribution in [1.29, 1.82) is 5.26 Å². The van der Waals surface area contributed by atoms with Gasteiger partial charge < -0.3 is 15.4 Å². The van der Waals surface area contributed by atoms with Crippen molar-refractivity contribution in [3.8, 4) is 11.8 Å². The molecule has 0 spiro atoms. The number of nitrogens with zero attached hydrogens (tertiary/aromatic N) is 2. The maximum absolute atomic E-state index is 11.4. The van der Waals surface area contributed by atoms with Crippen molar-refractivity contribution in [1.82, 2.24) is 0 Å². The minimum atomic E-state index is -0.275. The summed E-state index contributed by atoms with van der Waals surface area (Å²) in [5.41, 5.74) is 6.82. The molecule has 1 heterocycles. The Labute approximate surface area is 118 Å². The highest BCUT2D eigenvalue weighted by atomic mass is 16.5. The predicted octanol–water partition coefficient (Wildman–Crippen LogP) is 1.66. The quantitative estimate of drug-likeness (QED) is 0.908. The molecule has 1 aromatic rings. The lowest BCUT2D eigenvalue weighted by Gasteiger charge is -2.39. The van der Waals surface area contributed by atoms with E-state index in [0.29, 0.717) is 17.9 Å². The van der Waals surface area contributed by atoms with Crippen molar-refractivity contribution in [3.05, 3.63) is 23.8 Å². The van der Waals surface area contributed by atoms with Crippen molar-refractivity contribution in [3.63, 3.8) is 0 Å². The van der Waals surface area contributed by atoms with Gasteiger partial charge in [-0.1, -0.05) is 0 Å². The molecule has 0 aromatic heterocycles. The zero-order valence-corrected chi connectivity index (χ0v) is 11.8. The Morgan fingerprint density at radius 2 is 2.25 bits per heavy atom. The lowest BCUT2D eigenvalue weighted by Crippen LogP contribution is -2.46. The zero-order chi connectivity index (χ0) is 14.7. The van der Waals surface area contributed by atoms with Gasteiger partial charge in [-0.25, -0.2) is 0 Å². The van der Waals surface area contributed by atoms with Gasteiger partial charge in [-0.2, -0.15) is 5.26 Å². The van der Waals surface area contributed by atoms with Gasteiger partial charge in [0, 0.05) is 18.7 Å². The molecular formula is C15H19N3O2. The van der Waals surface area contributed by atoms with Crippen molar-refractivity contribution in [2.24, 2.45) is 11.7 Å². The number of rotatable bonds is 3. The van der Waals surface area contributed by atoms with Gasteiger partial charge >= 0.3 is 0 Å². The molecule has 20 heavy (non-hydrogen) atoms. The first-order valence-corrected chi connectivity index (χ1v) is 6.71. The van der Waals surface area contributed by atoms with E-state index in [2.05, 4.69) is 17.9 Å². The van der Waals surface area contributed by atoms with Gasteiger partial charge in [0.15, 0.2) is 0 Å². The van der Waals surface area contributed by atoms with Crippen molar-refractivity contribution < 1.29 is 9.53 Å². The summed E-state index contributed by atoms with van der Waals surface area (Å²) < 4.78 is 5.23. The van der Waals surface area contributed by atoms with Gasteiger partial charge in [-0.15, -0.1) is 0 Å². The molecular weight excluding hydrogens is 254 g/mol. The number of ether oxygens (including phenoxy) is 1. The first-order chi connectivity index (χ1) is 9.56. The van der Waals surface area contributed by atoms with Crippen LogP contribution in [0.25, 0.3) is 0 Å². The molecule has 106 valence electrons. The molecule has 0 saturated carbocycles. The number of amides is 1. The largest absolute Gasteiger partial charge is 0.497 e. The number of hydrogen-bond donors (Lipinski definition) is 1. The number of benzene rings is 1. The SMILES string of the molecule is COc1ccc(C#N)c(N2CC(C(N)=O)CCC2C)c1. The normalized spacial score (nSPS) is 22.1. The second-order valence-electron chi connectivity index (χ2n) is 5.17. The second kappa shape index (κ2) is 5.83. The number of hydrogen-bond acceptors (Lipinski definition) is 4. The third-order valence-electron chi connectivity index (χ3n) is 3.92. The van der Waals surface area contributed by atoms with Gasteiger partial charge in [-0.3, -0.25) is 4.79 Å². The van der Waals surface area contributed by atoms with E-state index in [9.17, 15) is 10.1 Å². The molecule has 2 rings (SSSR count). The van der Waals surface area contributed by atoms with Crippen molar-refractivity contribution in [2.75, 3.05) is 18.6 Å². The van der Waals surface area contributed by atoms with E-state index in [-0.39, 0.29) is 17.9 Å². The van der Waals surface area contributed by atoms with Crippen LogP contribution in [0.15, 0.2) is 18.2 Å². The lowest BCUT2D eigenvalue weighted by atomic mass is 9.92. The summed E-state index contributed by atoms with van der Waals surface area (Å²) in [7, 11) is 1.59. The Morgan fingerprint density at radius 3 is 2.85 bits per heavy atom. The molecule has 1 amide bonds. The number of carbonyl (C=O) groups is 1. The standard InChI is InChI=1S/C15H19N3O2/c1-10-3-4-12(15(17)19)9-18(10)14-7-13(20-2)6-5-11(14)8-16/h5-7,10,12H,3-4,9H2,1-2H3,(H2,17,19). The van der Waals surface area contributed by atoms with Gasteiger partial charge in [0.05, 0.1) is 24.3 Å². The molecule has 5 nitrogen and oxygen atoms in total. The minimum Gasteiger partial charge on any atom is -0.497 e. The fraction of sp³-hybridized carbons (Fsp3) is 0.467. The smallest absolute Gasteiger partial charge is 0.222 e. The first-order valence-electron chi connectivity index (χ1n) is 6.71. The third kappa shape index (κ3) is 2.69. The van der Waals surface area contributed by atoms with Gasteiger partial charge in [0.2, 0.25) is 5.91 Å². The van der Waals surface area contributed by atoms with Gasteiger partial charge in [-0.05, 0) is 31.9 Å². The Kier molecular flexibility index (Phi) is 4.14. The molecule has 0 bridgehead atoms. The fourth-order valence-corrected chi connectivity index (χ4v) is 2.65. The van der Waals surface area contributed by atoms with Crippen molar-refractivity contribution in [2.45, 2.75) is 25.8 Å². The highest BCUT2D eigenvalue weighted by Gasteiger charge is 2.30. The van der Waals surface area contributed by atoms with E-state index in [1.165, 1.54) is 0 Å². The Bertz CT molecular complexity index is 551. The van der Waals surface area contributed by atoms with Crippen LogP contribution >= 0.6 is 0 Å². The molecule has 1 aliphatic rings. The van der Waals surface area contributed by atoms with Crippen LogP contribution in [0.4, 0.5) is 5.69 Å². The molecule has 0 radical (unpaired) electrons. The average molecular weight is 273 g/mol. The highest BCUT2D eigenvalue weighted by Crippen LogP contribution is 2.32. The van der Waals surface area contributed by atoms with Crippen LogP contribution in [0.1, 0.15) is 25.3 Å². The first kappa shape index (κ1) is 14.2. The maximum Gasteiger partial charge on any atom is 0.222 e. The molecule has 5 heteroatoms. The van der Waals surface area contributed by atoms with E-state index < -0.39 is 0 Å². The molecule has 1 aromatic carbocycles. The fourth-order valence-electron chi connectivity index (χ4n) is 2.65. The van der Waals surface area contributed by atoms with Crippen LogP contribution in [0.2, 0.25) is 0 Å².